The van der Waals surface area contributed by atoms with Crippen LogP contribution >= 0.6 is 0 Å². The van der Waals surface area contributed by atoms with Gasteiger partial charge in [0, 0.05) is 18.8 Å². The highest BCUT2D eigenvalue weighted by Crippen LogP contribution is 1.99. The van der Waals surface area contributed by atoms with E-state index in [0.29, 0.717) is 12.1 Å². The smallest absolute Gasteiger partial charge is 0.0458 e. The Bertz CT molecular complexity index is 64.9. The second kappa shape index (κ2) is 2.46. The van der Waals surface area contributed by atoms with Crippen LogP contribution < -0.4 is 10.6 Å². The van der Waals surface area contributed by atoms with Crippen LogP contribution in [-0.4, -0.2) is 18.8 Å². The molecule has 8 heavy (non-hydrogen) atoms. The molecule has 1 aliphatic heterocycles. The van der Waals surface area contributed by atoms with Crippen molar-refractivity contribution in [2.24, 2.45) is 0 Å². The van der Waals surface area contributed by atoms with Crippen molar-refractivity contribution in [2.75, 3.05) is 6.67 Å². The van der Waals surface area contributed by atoms with E-state index in [9.17, 15) is 0 Å². The molecule has 0 amide bonds. The predicted octanol–water partition coefficient (Wildman–Crippen LogP) is 0.304. The van der Waals surface area contributed by atoms with Gasteiger partial charge in [0.2, 0.25) is 0 Å². The van der Waals surface area contributed by atoms with E-state index >= 15 is 0 Å². The third-order valence-electron chi connectivity index (χ3n) is 1.61. The second-order valence-electron chi connectivity index (χ2n) is 2.62. The minimum Gasteiger partial charge on any atom is -0.302 e. The highest BCUT2D eigenvalue weighted by atomic mass is 15.1. The average molecular weight is 114 g/mol. The van der Waals surface area contributed by atoms with E-state index in [2.05, 4.69) is 24.5 Å². The molecule has 2 nitrogen and oxygen atoms in total. The second-order valence-corrected chi connectivity index (χ2v) is 2.62. The molecule has 1 heterocycles. The Morgan fingerprint density at radius 1 is 1.12 bits per heavy atom. The molecule has 1 fully saturated rings. The van der Waals surface area contributed by atoms with Crippen LogP contribution in [0.2, 0.25) is 0 Å². The maximum atomic E-state index is 3.30. The molecule has 2 heteroatoms. The first-order valence-corrected chi connectivity index (χ1v) is 3.26. The van der Waals surface area contributed by atoms with E-state index in [4.69, 9.17) is 0 Å². The highest BCUT2D eigenvalue weighted by Gasteiger charge is 2.11. The quantitative estimate of drug-likeness (QED) is 0.473. The fourth-order valence-corrected chi connectivity index (χ4v) is 1.10. The van der Waals surface area contributed by atoms with Crippen molar-refractivity contribution >= 4 is 0 Å². The standard InChI is InChI=1S/C6H14N2/c1-5-3-6(2)8-4-7-5/h5-8H,3-4H2,1-2H3/t5-,6+. The third kappa shape index (κ3) is 1.46. The maximum Gasteiger partial charge on any atom is 0.0458 e. The lowest BCUT2D eigenvalue weighted by molar-refractivity contribution is 0.344. The first kappa shape index (κ1) is 6.05. The van der Waals surface area contributed by atoms with Gasteiger partial charge in [-0.1, -0.05) is 0 Å². The molecule has 0 unspecified atom stereocenters. The Kier molecular flexibility index (Phi) is 1.86. The van der Waals surface area contributed by atoms with Gasteiger partial charge in [-0.3, -0.25) is 0 Å². The molecule has 0 aromatic heterocycles. The number of hydrogen-bond acceptors (Lipinski definition) is 2. The van der Waals surface area contributed by atoms with Crippen molar-refractivity contribution in [3.05, 3.63) is 0 Å². The summed E-state index contributed by atoms with van der Waals surface area (Å²) in [6, 6.07) is 1.40. The number of nitrogens with one attached hydrogen (secondary N) is 2. The van der Waals surface area contributed by atoms with E-state index in [1.807, 2.05) is 0 Å². The van der Waals surface area contributed by atoms with Gasteiger partial charge in [-0.2, -0.15) is 0 Å². The molecule has 0 radical (unpaired) electrons. The molecule has 0 aliphatic carbocycles. The minimum absolute atomic E-state index is 0.700. The van der Waals surface area contributed by atoms with Crippen molar-refractivity contribution in [3.63, 3.8) is 0 Å². The summed E-state index contributed by atoms with van der Waals surface area (Å²) in [5, 5.41) is 6.60. The fourth-order valence-electron chi connectivity index (χ4n) is 1.10. The van der Waals surface area contributed by atoms with E-state index in [1.165, 1.54) is 6.42 Å². The topological polar surface area (TPSA) is 24.1 Å². The SMILES string of the molecule is C[C@@H]1C[C@H](C)NCN1. The fraction of sp³-hybridized carbons (Fsp3) is 1.00. The van der Waals surface area contributed by atoms with E-state index in [0.717, 1.165) is 6.67 Å². The van der Waals surface area contributed by atoms with Crippen molar-refractivity contribution in [1.82, 2.24) is 10.6 Å². The summed E-state index contributed by atoms with van der Waals surface area (Å²) in [5.74, 6) is 0. The summed E-state index contributed by atoms with van der Waals surface area (Å²) in [5.41, 5.74) is 0. The van der Waals surface area contributed by atoms with Crippen molar-refractivity contribution in [3.8, 4) is 0 Å². The molecule has 1 aliphatic rings. The summed E-state index contributed by atoms with van der Waals surface area (Å²) >= 11 is 0. The van der Waals surface area contributed by atoms with Gasteiger partial charge < -0.3 is 10.6 Å². The minimum atomic E-state index is 0.700. The van der Waals surface area contributed by atoms with Crippen LogP contribution in [0.4, 0.5) is 0 Å². The van der Waals surface area contributed by atoms with Gasteiger partial charge in [-0.15, -0.1) is 0 Å². The van der Waals surface area contributed by atoms with Gasteiger partial charge >= 0.3 is 0 Å². The maximum absolute atomic E-state index is 3.30. The number of rotatable bonds is 0. The average Bonchev–Trinajstić information content (AvgIpc) is 1.64. The molecule has 0 aromatic carbocycles. The number of hydrogen-bond donors (Lipinski definition) is 2. The zero-order valence-electron chi connectivity index (χ0n) is 5.57. The molecule has 0 spiro atoms. The monoisotopic (exact) mass is 114 g/mol. The van der Waals surface area contributed by atoms with Gasteiger partial charge in [-0.05, 0) is 20.3 Å². The molecule has 2 atom stereocenters. The summed E-state index contributed by atoms with van der Waals surface area (Å²) in [6.07, 6.45) is 1.25. The summed E-state index contributed by atoms with van der Waals surface area (Å²) < 4.78 is 0. The van der Waals surface area contributed by atoms with E-state index in [-0.39, 0.29) is 0 Å². The molecule has 0 aromatic rings. The molecule has 0 saturated carbocycles. The lowest BCUT2D eigenvalue weighted by Crippen LogP contribution is -2.48. The molecule has 2 N–H and O–H groups in total. The molecule has 48 valence electrons. The first-order chi connectivity index (χ1) is 3.79. The predicted molar refractivity (Wildman–Crippen MR) is 34.7 cm³/mol. The Hall–Kier alpha value is -0.0800. The lowest BCUT2D eigenvalue weighted by Gasteiger charge is -2.26. The van der Waals surface area contributed by atoms with Crippen molar-refractivity contribution in [1.29, 1.82) is 0 Å². The van der Waals surface area contributed by atoms with Crippen LogP contribution in [0.1, 0.15) is 20.3 Å². The normalized spacial score (nSPS) is 39.8. The van der Waals surface area contributed by atoms with Gasteiger partial charge in [0.05, 0.1) is 0 Å². The van der Waals surface area contributed by atoms with Gasteiger partial charge in [0.25, 0.3) is 0 Å². The van der Waals surface area contributed by atoms with Crippen LogP contribution in [0.25, 0.3) is 0 Å². The van der Waals surface area contributed by atoms with Crippen LogP contribution in [0.5, 0.6) is 0 Å². The van der Waals surface area contributed by atoms with Crippen LogP contribution in [-0.2, 0) is 0 Å². The Morgan fingerprint density at radius 2 is 1.62 bits per heavy atom. The highest BCUT2D eigenvalue weighted by molar-refractivity contribution is 4.73. The molecular formula is C6H14N2. The van der Waals surface area contributed by atoms with Crippen molar-refractivity contribution in [2.45, 2.75) is 32.4 Å². The zero-order chi connectivity index (χ0) is 5.98. The third-order valence-corrected chi connectivity index (χ3v) is 1.61. The molecule has 1 rings (SSSR count). The Balaban J connectivity index is 2.23. The Morgan fingerprint density at radius 3 is 1.88 bits per heavy atom. The zero-order valence-corrected chi connectivity index (χ0v) is 5.57. The van der Waals surface area contributed by atoms with Crippen LogP contribution in [0.15, 0.2) is 0 Å². The van der Waals surface area contributed by atoms with Crippen LogP contribution in [0, 0.1) is 0 Å². The van der Waals surface area contributed by atoms with Gasteiger partial charge in [-0.25, -0.2) is 0 Å². The molecule has 1 saturated heterocycles. The largest absolute Gasteiger partial charge is 0.302 e. The van der Waals surface area contributed by atoms with Gasteiger partial charge in [0.15, 0.2) is 0 Å². The lowest BCUT2D eigenvalue weighted by atomic mass is 10.1. The molecule has 0 bridgehead atoms. The van der Waals surface area contributed by atoms with E-state index in [1.54, 1.807) is 0 Å². The van der Waals surface area contributed by atoms with Crippen molar-refractivity contribution < 1.29 is 0 Å². The van der Waals surface area contributed by atoms with E-state index < -0.39 is 0 Å². The first-order valence-electron chi connectivity index (χ1n) is 3.26. The molecular weight excluding hydrogens is 100 g/mol. The summed E-state index contributed by atoms with van der Waals surface area (Å²) in [6.45, 7) is 5.41. The summed E-state index contributed by atoms with van der Waals surface area (Å²) in [4.78, 5) is 0. The Labute approximate surface area is 50.7 Å². The van der Waals surface area contributed by atoms with Gasteiger partial charge in [0.1, 0.15) is 0 Å². The summed E-state index contributed by atoms with van der Waals surface area (Å²) in [7, 11) is 0. The van der Waals surface area contributed by atoms with Crippen LogP contribution in [0.3, 0.4) is 0 Å².